The van der Waals surface area contributed by atoms with Crippen molar-refractivity contribution in [2.24, 2.45) is 5.10 Å². The van der Waals surface area contributed by atoms with Crippen molar-refractivity contribution in [2.45, 2.75) is 6.42 Å². The molecule has 0 unspecified atom stereocenters. The Morgan fingerprint density at radius 3 is 1.71 bits per heavy atom. The maximum absolute atomic E-state index is 12.1. The van der Waals surface area contributed by atoms with Crippen LogP contribution >= 0.6 is 0 Å². The molecule has 2 amide bonds. The molecule has 5 heteroatoms. The Labute approximate surface area is 164 Å². The van der Waals surface area contributed by atoms with Crippen LogP contribution in [0.5, 0.6) is 0 Å². The second-order valence-electron chi connectivity index (χ2n) is 6.17. The highest BCUT2D eigenvalue weighted by atomic mass is 16.2. The quantitative estimate of drug-likeness (QED) is 0.495. The molecule has 0 aliphatic carbocycles. The van der Waals surface area contributed by atoms with E-state index < -0.39 is 0 Å². The lowest BCUT2D eigenvalue weighted by Crippen LogP contribution is -2.36. The van der Waals surface area contributed by atoms with Crippen molar-refractivity contribution in [3.8, 4) is 0 Å². The zero-order valence-electron chi connectivity index (χ0n) is 15.3. The fourth-order valence-corrected chi connectivity index (χ4v) is 2.67. The molecular formula is C23H21N3O2. The molecule has 5 nitrogen and oxygen atoms in total. The molecule has 28 heavy (non-hydrogen) atoms. The van der Waals surface area contributed by atoms with Crippen molar-refractivity contribution in [3.63, 3.8) is 0 Å². The summed E-state index contributed by atoms with van der Waals surface area (Å²) in [5.41, 5.74) is 5.87. The number of carbonyl (C=O) groups is 2. The third kappa shape index (κ3) is 5.64. The Bertz CT molecular complexity index is 898. The Hall–Kier alpha value is -3.73. The summed E-state index contributed by atoms with van der Waals surface area (Å²) < 4.78 is 0. The van der Waals surface area contributed by atoms with Crippen molar-refractivity contribution in [1.82, 2.24) is 10.7 Å². The van der Waals surface area contributed by atoms with Crippen LogP contribution in [0.2, 0.25) is 0 Å². The standard InChI is InChI=1S/C23H21N3O2/c27-21(16-18-10-4-1-5-11-18)24-17-22(28)25-26-23(19-12-6-2-7-13-19)20-14-8-3-9-15-20/h1-15H,16-17H2,(H,24,27)(H,25,28). The number of hydrazone groups is 1. The zero-order chi connectivity index (χ0) is 19.6. The molecule has 0 aromatic heterocycles. The highest BCUT2D eigenvalue weighted by molar-refractivity contribution is 6.13. The SMILES string of the molecule is O=C(Cc1ccccc1)NCC(=O)NN=C(c1ccccc1)c1ccccc1. The zero-order valence-corrected chi connectivity index (χ0v) is 15.3. The minimum absolute atomic E-state index is 0.133. The number of hydrogen-bond acceptors (Lipinski definition) is 3. The van der Waals surface area contributed by atoms with E-state index in [1.165, 1.54) is 0 Å². The van der Waals surface area contributed by atoms with Gasteiger partial charge >= 0.3 is 0 Å². The number of benzene rings is 3. The van der Waals surface area contributed by atoms with E-state index >= 15 is 0 Å². The molecule has 3 aromatic carbocycles. The lowest BCUT2D eigenvalue weighted by molar-refractivity contribution is -0.125. The Morgan fingerprint density at radius 1 is 0.679 bits per heavy atom. The fourth-order valence-electron chi connectivity index (χ4n) is 2.67. The second kappa shape index (κ2) is 9.83. The largest absolute Gasteiger partial charge is 0.347 e. The van der Waals surface area contributed by atoms with Gasteiger partial charge in [0.1, 0.15) is 0 Å². The number of rotatable bonds is 7. The first-order valence-electron chi connectivity index (χ1n) is 9.00. The third-order valence-electron chi connectivity index (χ3n) is 4.04. The van der Waals surface area contributed by atoms with Gasteiger partial charge in [-0.3, -0.25) is 9.59 Å². The van der Waals surface area contributed by atoms with Crippen LogP contribution in [0.4, 0.5) is 0 Å². The van der Waals surface area contributed by atoms with E-state index in [1.54, 1.807) is 0 Å². The van der Waals surface area contributed by atoms with Gasteiger partial charge in [-0.05, 0) is 5.56 Å². The van der Waals surface area contributed by atoms with E-state index in [2.05, 4.69) is 15.8 Å². The van der Waals surface area contributed by atoms with E-state index in [9.17, 15) is 9.59 Å². The van der Waals surface area contributed by atoms with Crippen LogP contribution in [0.3, 0.4) is 0 Å². The van der Waals surface area contributed by atoms with Gasteiger partial charge in [0, 0.05) is 11.1 Å². The first-order valence-corrected chi connectivity index (χ1v) is 9.00. The van der Waals surface area contributed by atoms with Gasteiger partial charge in [-0.2, -0.15) is 5.10 Å². The van der Waals surface area contributed by atoms with Gasteiger partial charge in [-0.1, -0.05) is 91.0 Å². The third-order valence-corrected chi connectivity index (χ3v) is 4.04. The molecule has 0 saturated heterocycles. The highest BCUT2D eigenvalue weighted by Crippen LogP contribution is 2.10. The van der Waals surface area contributed by atoms with Gasteiger partial charge in [0.25, 0.3) is 5.91 Å². The summed E-state index contributed by atoms with van der Waals surface area (Å²) in [6.07, 6.45) is 0.233. The van der Waals surface area contributed by atoms with Gasteiger partial charge in [0.2, 0.25) is 5.91 Å². The van der Waals surface area contributed by atoms with Gasteiger partial charge < -0.3 is 5.32 Å². The topological polar surface area (TPSA) is 70.6 Å². The van der Waals surface area contributed by atoms with Gasteiger partial charge in [-0.15, -0.1) is 0 Å². The molecule has 0 spiro atoms. The summed E-state index contributed by atoms with van der Waals surface area (Å²) in [5, 5.41) is 6.91. The van der Waals surface area contributed by atoms with E-state index in [0.29, 0.717) is 5.71 Å². The van der Waals surface area contributed by atoms with E-state index in [-0.39, 0.29) is 24.8 Å². The van der Waals surface area contributed by atoms with Crippen LogP contribution in [-0.2, 0) is 16.0 Å². The summed E-state index contributed by atoms with van der Waals surface area (Å²) in [6.45, 7) is -0.133. The van der Waals surface area contributed by atoms with Crippen LogP contribution in [0.25, 0.3) is 0 Å². The number of hydrogen-bond donors (Lipinski definition) is 2. The maximum Gasteiger partial charge on any atom is 0.259 e. The van der Waals surface area contributed by atoms with Gasteiger partial charge in [-0.25, -0.2) is 5.43 Å². The van der Waals surface area contributed by atoms with Crippen LogP contribution in [0, 0.1) is 0 Å². The molecule has 0 aliphatic heterocycles. The van der Waals surface area contributed by atoms with Crippen molar-refractivity contribution < 1.29 is 9.59 Å². The summed E-state index contributed by atoms with van der Waals surface area (Å²) in [6, 6.07) is 28.6. The lowest BCUT2D eigenvalue weighted by atomic mass is 10.0. The Kier molecular flexibility index (Phi) is 6.68. The summed E-state index contributed by atoms with van der Waals surface area (Å²) in [5.74, 6) is -0.595. The highest BCUT2D eigenvalue weighted by Gasteiger charge is 2.09. The number of amides is 2. The normalized spacial score (nSPS) is 10.0. The van der Waals surface area contributed by atoms with Crippen molar-refractivity contribution in [3.05, 3.63) is 108 Å². The number of nitrogens with zero attached hydrogens (tertiary/aromatic N) is 1. The molecule has 3 aromatic rings. The molecule has 0 fully saturated rings. The Balaban J connectivity index is 1.61. The monoisotopic (exact) mass is 371 g/mol. The molecule has 0 radical (unpaired) electrons. The minimum Gasteiger partial charge on any atom is -0.347 e. The smallest absolute Gasteiger partial charge is 0.259 e. The molecule has 3 rings (SSSR count). The summed E-state index contributed by atoms with van der Waals surface area (Å²) >= 11 is 0. The lowest BCUT2D eigenvalue weighted by Gasteiger charge is -2.08. The van der Waals surface area contributed by atoms with Gasteiger partial charge in [0.15, 0.2) is 0 Å². The van der Waals surface area contributed by atoms with Crippen LogP contribution in [0.1, 0.15) is 16.7 Å². The summed E-state index contributed by atoms with van der Waals surface area (Å²) in [7, 11) is 0. The van der Waals surface area contributed by atoms with E-state index in [1.807, 2.05) is 91.0 Å². The number of carbonyl (C=O) groups excluding carboxylic acids is 2. The predicted molar refractivity (Wildman–Crippen MR) is 110 cm³/mol. The van der Waals surface area contributed by atoms with Crippen LogP contribution in [0.15, 0.2) is 96.1 Å². The second-order valence-corrected chi connectivity index (χ2v) is 6.17. The molecule has 0 heterocycles. The molecule has 2 N–H and O–H groups in total. The average Bonchev–Trinajstić information content (AvgIpc) is 2.75. The summed E-state index contributed by atoms with van der Waals surface area (Å²) in [4.78, 5) is 24.1. The fraction of sp³-hybridized carbons (Fsp3) is 0.0870. The molecular weight excluding hydrogens is 350 g/mol. The molecule has 0 saturated carbocycles. The van der Waals surface area contributed by atoms with Crippen molar-refractivity contribution >= 4 is 17.5 Å². The average molecular weight is 371 g/mol. The van der Waals surface area contributed by atoms with Crippen LogP contribution in [-0.4, -0.2) is 24.1 Å². The first-order chi connectivity index (χ1) is 13.7. The van der Waals surface area contributed by atoms with Crippen LogP contribution < -0.4 is 10.7 Å². The molecule has 0 atom stereocenters. The molecule has 0 aliphatic rings. The molecule has 0 bridgehead atoms. The van der Waals surface area contributed by atoms with E-state index in [0.717, 1.165) is 16.7 Å². The van der Waals surface area contributed by atoms with Gasteiger partial charge in [0.05, 0.1) is 18.7 Å². The Morgan fingerprint density at radius 2 is 1.18 bits per heavy atom. The van der Waals surface area contributed by atoms with E-state index in [4.69, 9.17) is 0 Å². The first kappa shape index (κ1) is 19.0. The molecule has 140 valence electrons. The van der Waals surface area contributed by atoms with Crippen molar-refractivity contribution in [1.29, 1.82) is 0 Å². The van der Waals surface area contributed by atoms with Crippen molar-refractivity contribution in [2.75, 3.05) is 6.54 Å². The number of nitrogens with one attached hydrogen (secondary N) is 2. The maximum atomic E-state index is 12.1. The predicted octanol–water partition coefficient (Wildman–Crippen LogP) is 2.91. The minimum atomic E-state index is -0.384.